The number of phenols is 1. The highest BCUT2D eigenvalue weighted by Gasteiger charge is 2.16. The zero-order chi connectivity index (χ0) is 14.0. The molecule has 0 unspecified atom stereocenters. The van der Waals surface area contributed by atoms with Gasteiger partial charge in [-0.2, -0.15) is 0 Å². The van der Waals surface area contributed by atoms with Crippen LogP contribution in [-0.2, 0) is 0 Å². The maximum absolute atomic E-state index is 13.4. The molecule has 0 heterocycles. The van der Waals surface area contributed by atoms with Crippen molar-refractivity contribution in [2.75, 3.05) is 7.11 Å². The molecule has 2 N–H and O–H groups in total. The molecule has 2 aromatic carbocycles. The molecule has 19 heavy (non-hydrogen) atoms. The second-order valence-corrected chi connectivity index (χ2v) is 3.86. The molecule has 98 valence electrons. The van der Waals surface area contributed by atoms with Crippen LogP contribution >= 0.6 is 0 Å². The number of hydrogen-bond acceptors (Lipinski definition) is 3. The van der Waals surface area contributed by atoms with Crippen LogP contribution in [0.4, 0.5) is 4.39 Å². The first-order chi connectivity index (χ1) is 9.04. The van der Waals surface area contributed by atoms with E-state index in [-0.39, 0.29) is 11.3 Å². The second-order valence-electron chi connectivity index (χ2n) is 3.86. The standard InChI is InChI=1S/C14H11FO4/c1-19-13-9(3-2-4-10(13)14(17)18)8-5-6-12(16)11(15)7-8/h2-7,16H,1H3,(H,17,18). The molecular formula is C14H11FO4. The van der Waals surface area contributed by atoms with Crippen LogP contribution in [0, 0.1) is 5.82 Å². The van der Waals surface area contributed by atoms with Crippen molar-refractivity contribution in [2.24, 2.45) is 0 Å². The number of ether oxygens (including phenoxy) is 1. The number of carboxylic acids is 1. The zero-order valence-electron chi connectivity index (χ0n) is 10.1. The third-order valence-corrected chi connectivity index (χ3v) is 2.71. The minimum absolute atomic E-state index is 0.00603. The predicted octanol–water partition coefficient (Wildman–Crippen LogP) is 2.91. The Kier molecular flexibility index (Phi) is 3.37. The van der Waals surface area contributed by atoms with Crippen molar-refractivity contribution in [3.05, 3.63) is 47.8 Å². The summed E-state index contributed by atoms with van der Waals surface area (Å²) in [6.45, 7) is 0. The number of halogens is 1. The molecular weight excluding hydrogens is 251 g/mol. The van der Waals surface area contributed by atoms with Gasteiger partial charge in [-0.15, -0.1) is 0 Å². The minimum atomic E-state index is -1.13. The van der Waals surface area contributed by atoms with Crippen LogP contribution in [0.3, 0.4) is 0 Å². The maximum Gasteiger partial charge on any atom is 0.339 e. The molecule has 0 atom stereocenters. The summed E-state index contributed by atoms with van der Waals surface area (Å²) in [5, 5.41) is 18.2. The molecule has 0 saturated heterocycles. The third kappa shape index (κ3) is 2.35. The van der Waals surface area contributed by atoms with Gasteiger partial charge in [0.1, 0.15) is 11.3 Å². The van der Waals surface area contributed by atoms with Crippen LogP contribution < -0.4 is 4.74 Å². The van der Waals surface area contributed by atoms with E-state index in [0.29, 0.717) is 11.1 Å². The summed E-state index contributed by atoms with van der Waals surface area (Å²) in [6, 6.07) is 8.39. The quantitative estimate of drug-likeness (QED) is 0.892. The minimum Gasteiger partial charge on any atom is -0.505 e. The highest BCUT2D eigenvalue weighted by molar-refractivity contribution is 5.94. The van der Waals surface area contributed by atoms with Crippen molar-refractivity contribution < 1.29 is 24.1 Å². The molecule has 5 heteroatoms. The fourth-order valence-electron chi connectivity index (χ4n) is 1.83. The lowest BCUT2D eigenvalue weighted by atomic mass is 10.0. The predicted molar refractivity (Wildman–Crippen MR) is 67.0 cm³/mol. The number of methoxy groups -OCH3 is 1. The van der Waals surface area contributed by atoms with Crippen LogP contribution in [-0.4, -0.2) is 23.3 Å². The number of benzene rings is 2. The van der Waals surface area contributed by atoms with Crippen LogP contribution in [0.25, 0.3) is 11.1 Å². The van der Waals surface area contributed by atoms with Gasteiger partial charge in [0.2, 0.25) is 0 Å². The lowest BCUT2D eigenvalue weighted by Crippen LogP contribution is -2.01. The number of aromatic hydroxyl groups is 1. The van der Waals surface area contributed by atoms with E-state index in [1.165, 1.54) is 25.3 Å². The van der Waals surface area contributed by atoms with Crippen LogP contribution in [0.2, 0.25) is 0 Å². The number of phenolic OH excluding ortho intramolecular Hbond substituents is 1. The van der Waals surface area contributed by atoms with E-state index in [4.69, 9.17) is 14.9 Å². The molecule has 2 rings (SSSR count). The lowest BCUT2D eigenvalue weighted by Gasteiger charge is -2.11. The monoisotopic (exact) mass is 262 g/mol. The molecule has 0 amide bonds. The topological polar surface area (TPSA) is 66.8 Å². The molecule has 0 bridgehead atoms. The number of para-hydroxylation sites is 1. The molecule has 4 nitrogen and oxygen atoms in total. The highest BCUT2D eigenvalue weighted by Crippen LogP contribution is 2.34. The summed E-state index contributed by atoms with van der Waals surface area (Å²) >= 11 is 0. The fraction of sp³-hybridized carbons (Fsp3) is 0.0714. The summed E-state index contributed by atoms with van der Waals surface area (Å²) in [5.74, 6) is -2.21. The van der Waals surface area contributed by atoms with Gasteiger partial charge in [0.05, 0.1) is 7.11 Å². The van der Waals surface area contributed by atoms with E-state index >= 15 is 0 Å². The van der Waals surface area contributed by atoms with E-state index in [1.54, 1.807) is 12.1 Å². The molecule has 0 saturated carbocycles. The highest BCUT2D eigenvalue weighted by atomic mass is 19.1. The average molecular weight is 262 g/mol. The Morgan fingerprint density at radius 1 is 1.26 bits per heavy atom. The summed E-state index contributed by atoms with van der Waals surface area (Å²) in [7, 11) is 1.35. The summed E-state index contributed by atoms with van der Waals surface area (Å²) < 4.78 is 18.4. The number of carbonyl (C=O) groups is 1. The van der Waals surface area contributed by atoms with E-state index < -0.39 is 17.5 Å². The smallest absolute Gasteiger partial charge is 0.339 e. The number of rotatable bonds is 3. The van der Waals surface area contributed by atoms with E-state index in [9.17, 15) is 9.18 Å². The molecule has 0 fully saturated rings. The average Bonchev–Trinajstić information content (AvgIpc) is 2.40. The molecule has 0 aromatic heterocycles. The number of hydrogen-bond donors (Lipinski definition) is 2. The van der Waals surface area contributed by atoms with Crippen molar-refractivity contribution >= 4 is 5.97 Å². The Labute approximate surface area is 108 Å². The van der Waals surface area contributed by atoms with E-state index in [2.05, 4.69) is 0 Å². The van der Waals surface area contributed by atoms with Crippen molar-refractivity contribution in [3.63, 3.8) is 0 Å². The zero-order valence-corrected chi connectivity index (χ0v) is 10.1. The van der Waals surface area contributed by atoms with Gasteiger partial charge in [0.25, 0.3) is 0 Å². The van der Waals surface area contributed by atoms with Crippen LogP contribution in [0.1, 0.15) is 10.4 Å². The summed E-state index contributed by atoms with van der Waals surface area (Å²) in [4.78, 5) is 11.1. The Balaban J connectivity index is 2.64. The van der Waals surface area contributed by atoms with Gasteiger partial charge in [-0.05, 0) is 23.8 Å². The van der Waals surface area contributed by atoms with Gasteiger partial charge in [-0.3, -0.25) is 0 Å². The maximum atomic E-state index is 13.4. The molecule has 0 aliphatic heterocycles. The molecule has 0 radical (unpaired) electrons. The van der Waals surface area contributed by atoms with Crippen molar-refractivity contribution in [3.8, 4) is 22.6 Å². The van der Waals surface area contributed by atoms with Crippen molar-refractivity contribution in [1.82, 2.24) is 0 Å². The molecule has 0 aliphatic rings. The van der Waals surface area contributed by atoms with Gasteiger partial charge in [0, 0.05) is 5.56 Å². The normalized spacial score (nSPS) is 10.2. The first-order valence-electron chi connectivity index (χ1n) is 5.43. The molecule has 0 spiro atoms. The largest absolute Gasteiger partial charge is 0.505 e. The lowest BCUT2D eigenvalue weighted by molar-refractivity contribution is 0.0693. The SMILES string of the molecule is COc1c(C(=O)O)cccc1-c1ccc(O)c(F)c1. The van der Waals surface area contributed by atoms with Gasteiger partial charge < -0.3 is 14.9 Å². The number of carboxylic acid groups (broad SMARTS) is 1. The van der Waals surface area contributed by atoms with E-state index in [1.807, 2.05) is 0 Å². The Bertz CT molecular complexity index is 637. The summed E-state index contributed by atoms with van der Waals surface area (Å²) in [6.07, 6.45) is 0. The third-order valence-electron chi connectivity index (χ3n) is 2.71. The van der Waals surface area contributed by atoms with Gasteiger partial charge in [0.15, 0.2) is 11.6 Å². The fourth-order valence-corrected chi connectivity index (χ4v) is 1.83. The van der Waals surface area contributed by atoms with Crippen LogP contribution in [0.15, 0.2) is 36.4 Å². The Morgan fingerprint density at radius 3 is 2.58 bits per heavy atom. The number of aromatic carboxylic acids is 1. The summed E-state index contributed by atoms with van der Waals surface area (Å²) in [5.41, 5.74) is 0.866. The molecule has 2 aromatic rings. The van der Waals surface area contributed by atoms with E-state index in [0.717, 1.165) is 6.07 Å². The van der Waals surface area contributed by atoms with Gasteiger partial charge >= 0.3 is 5.97 Å². The first-order valence-corrected chi connectivity index (χ1v) is 5.43. The van der Waals surface area contributed by atoms with Crippen molar-refractivity contribution in [1.29, 1.82) is 0 Å². The van der Waals surface area contributed by atoms with Crippen molar-refractivity contribution in [2.45, 2.75) is 0 Å². The Morgan fingerprint density at radius 2 is 2.00 bits per heavy atom. The van der Waals surface area contributed by atoms with Gasteiger partial charge in [-0.1, -0.05) is 18.2 Å². The van der Waals surface area contributed by atoms with Crippen LogP contribution in [0.5, 0.6) is 11.5 Å². The van der Waals surface area contributed by atoms with Gasteiger partial charge in [-0.25, -0.2) is 9.18 Å². The first kappa shape index (κ1) is 12.9. The molecule has 0 aliphatic carbocycles. The second kappa shape index (κ2) is 4.97. The Hall–Kier alpha value is -2.56.